The van der Waals surface area contributed by atoms with Crippen LogP contribution < -0.4 is 5.73 Å². The second kappa shape index (κ2) is 3.45. The van der Waals surface area contributed by atoms with Gasteiger partial charge < -0.3 is 10.8 Å². The highest BCUT2D eigenvalue weighted by Crippen LogP contribution is 2.40. The second-order valence-electron chi connectivity index (χ2n) is 4.45. The van der Waals surface area contributed by atoms with Crippen molar-refractivity contribution in [2.24, 2.45) is 0 Å². The van der Waals surface area contributed by atoms with E-state index in [0.717, 1.165) is 18.5 Å². The Morgan fingerprint density at radius 2 is 2.12 bits per heavy atom. The Morgan fingerprint density at radius 3 is 2.76 bits per heavy atom. The zero-order valence-corrected chi connectivity index (χ0v) is 9.18. The van der Waals surface area contributed by atoms with Crippen LogP contribution in [0.1, 0.15) is 34.8 Å². The molecule has 1 saturated carbocycles. The van der Waals surface area contributed by atoms with Gasteiger partial charge in [-0.25, -0.2) is 4.79 Å². The van der Waals surface area contributed by atoms with Crippen molar-refractivity contribution >= 4 is 22.6 Å². The average molecular weight is 228 g/mol. The number of rotatable bonds is 2. The molecule has 0 atom stereocenters. The molecule has 0 saturated heterocycles. The van der Waals surface area contributed by atoms with E-state index in [4.69, 9.17) is 5.73 Å². The molecule has 1 aromatic carbocycles. The Kier molecular flexibility index (Phi) is 2.04. The third-order valence-corrected chi connectivity index (χ3v) is 3.08. The summed E-state index contributed by atoms with van der Waals surface area (Å²) in [5.41, 5.74) is 8.13. The number of nitrogens with two attached hydrogens (primary N) is 1. The molecular weight excluding hydrogens is 216 g/mol. The molecule has 0 amide bonds. The van der Waals surface area contributed by atoms with Crippen molar-refractivity contribution in [1.29, 1.82) is 0 Å². The predicted molar refractivity (Wildman–Crippen MR) is 65.1 cm³/mol. The third kappa shape index (κ3) is 1.71. The molecule has 3 N–H and O–H groups in total. The molecule has 4 nitrogen and oxygen atoms in total. The topological polar surface area (TPSA) is 76.2 Å². The third-order valence-electron chi connectivity index (χ3n) is 3.08. The number of aromatic carboxylic acids is 1. The Balaban J connectivity index is 2.31. The van der Waals surface area contributed by atoms with Gasteiger partial charge in [0.2, 0.25) is 0 Å². The van der Waals surface area contributed by atoms with Crippen LogP contribution in [0, 0.1) is 0 Å². The second-order valence-corrected chi connectivity index (χ2v) is 4.45. The van der Waals surface area contributed by atoms with Gasteiger partial charge in [-0.3, -0.25) is 4.98 Å². The van der Waals surface area contributed by atoms with Gasteiger partial charge in [0.05, 0.1) is 11.1 Å². The highest BCUT2D eigenvalue weighted by Gasteiger charge is 2.26. The monoisotopic (exact) mass is 228 g/mol. The van der Waals surface area contributed by atoms with Crippen molar-refractivity contribution in [2.45, 2.75) is 18.8 Å². The van der Waals surface area contributed by atoms with Crippen LogP contribution >= 0.6 is 0 Å². The summed E-state index contributed by atoms with van der Waals surface area (Å²) >= 11 is 0. The van der Waals surface area contributed by atoms with E-state index < -0.39 is 5.97 Å². The SMILES string of the molecule is Nc1ccc2nc(C3CC3)cc(C(=O)O)c2c1. The van der Waals surface area contributed by atoms with E-state index in [1.807, 2.05) is 0 Å². The number of hydrogen-bond acceptors (Lipinski definition) is 3. The number of nitrogen functional groups attached to an aromatic ring is 1. The van der Waals surface area contributed by atoms with Crippen molar-refractivity contribution in [2.75, 3.05) is 5.73 Å². The van der Waals surface area contributed by atoms with Gasteiger partial charge in [0.15, 0.2) is 0 Å². The van der Waals surface area contributed by atoms with Gasteiger partial charge in [0.1, 0.15) is 0 Å². The fraction of sp³-hybridized carbons (Fsp3) is 0.231. The van der Waals surface area contributed by atoms with Crippen LogP contribution in [0.25, 0.3) is 10.9 Å². The van der Waals surface area contributed by atoms with Gasteiger partial charge in [0, 0.05) is 22.7 Å². The molecule has 86 valence electrons. The maximum atomic E-state index is 11.3. The summed E-state index contributed by atoms with van der Waals surface area (Å²) in [5.74, 6) is -0.486. The van der Waals surface area contributed by atoms with Crippen LogP contribution in [-0.2, 0) is 0 Å². The maximum absolute atomic E-state index is 11.3. The normalized spacial score (nSPS) is 15.1. The van der Waals surface area contributed by atoms with Crippen molar-refractivity contribution in [1.82, 2.24) is 4.98 Å². The van der Waals surface area contributed by atoms with E-state index in [9.17, 15) is 9.90 Å². The lowest BCUT2D eigenvalue weighted by Crippen LogP contribution is -2.02. The van der Waals surface area contributed by atoms with Crippen molar-refractivity contribution in [3.05, 3.63) is 35.5 Å². The lowest BCUT2D eigenvalue weighted by atomic mass is 10.1. The molecule has 17 heavy (non-hydrogen) atoms. The number of pyridine rings is 1. The number of carboxylic acid groups (broad SMARTS) is 1. The van der Waals surface area contributed by atoms with Crippen molar-refractivity contribution in [3.63, 3.8) is 0 Å². The van der Waals surface area contributed by atoms with Crippen LogP contribution in [0.2, 0.25) is 0 Å². The molecule has 0 bridgehead atoms. The molecule has 0 radical (unpaired) electrons. The Hall–Kier alpha value is -2.10. The van der Waals surface area contributed by atoms with Crippen LogP contribution in [-0.4, -0.2) is 16.1 Å². The van der Waals surface area contributed by atoms with E-state index in [2.05, 4.69) is 4.98 Å². The molecule has 1 aromatic heterocycles. The molecule has 4 heteroatoms. The Morgan fingerprint density at radius 1 is 1.35 bits per heavy atom. The van der Waals surface area contributed by atoms with Gasteiger partial charge in [-0.15, -0.1) is 0 Å². The quantitative estimate of drug-likeness (QED) is 0.774. The van der Waals surface area contributed by atoms with Crippen molar-refractivity contribution < 1.29 is 9.90 Å². The largest absolute Gasteiger partial charge is 0.478 e. The zero-order valence-electron chi connectivity index (χ0n) is 9.18. The molecule has 2 aromatic rings. The first-order valence-corrected chi connectivity index (χ1v) is 5.58. The van der Waals surface area contributed by atoms with E-state index in [1.165, 1.54) is 0 Å². The van der Waals surface area contributed by atoms with Gasteiger partial charge in [0.25, 0.3) is 0 Å². The van der Waals surface area contributed by atoms with Gasteiger partial charge >= 0.3 is 5.97 Å². The number of benzene rings is 1. The number of hydrogen-bond donors (Lipinski definition) is 2. The fourth-order valence-electron chi connectivity index (χ4n) is 2.03. The van der Waals surface area contributed by atoms with Crippen molar-refractivity contribution in [3.8, 4) is 0 Å². The highest BCUT2D eigenvalue weighted by atomic mass is 16.4. The highest BCUT2D eigenvalue weighted by molar-refractivity contribution is 6.03. The molecule has 1 aliphatic rings. The fourth-order valence-corrected chi connectivity index (χ4v) is 2.03. The summed E-state index contributed by atoms with van der Waals surface area (Å²) in [6.45, 7) is 0. The molecule has 0 unspecified atom stereocenters. The predicted octanol–water partition coefficient (Wildman–Crippen LogP) is 2.39. The van der Waals surface area contributed by atoms with Crippen LogP contribution in [0.3, 0.4) is 0 Å². The minimum atomic E-state index is -0.926. The van der Waals surface area contributed by atoms with Gasteiger partial charge in [-0.05, 0) is 37.1 Å². The molecule has 1 heterocycles. The summed E-state index contributed by atoms with van der Waals surface area (Å²) < 4.78 is 0. The Labute approximate surface area is 98.1 Å². The van der Waals surface area contributed by atoms with Gasteiger partial charge in [-0.2, -0.15) is 0 Å². The zero-order chi connectivity index (χ0) is 12.0. The summed E-state index contributed by atoms with van der Waals surface area (Å²) in [6, 6.07) is 6.88. The summed E-state index contributed by atoms with van der Waals surface area (Å²) in [6.07, 6.45) is 2.21. The maximum Gasteiger partial charge on any atom is 0.336 e. The summed E-state index contributed by atoms with van der Waals surface area (Å²) in [7, 11) is 0. The number of carboxylic acids is 1. The van der Waals surface area contributed by atoms with Crippen LogP contribution in [0.15, 0.2) is 24.3 Å². The van der Waals surface area contributed by atoms with E-state index in [-0.39, 0.29) is 0 Å². The summed E-state index contributed by atoms with van der Waals surface area (Å²) in [4.78, 5) is 15.8. The number of aromatic nitrogens is 1. The minimum absolute atomic E-state index is 0.296. The number of nitrogens with zero attached hydrogens (tertiary/aromatic N) is 1. The smallest absolute Gasteiger partial charge is 0.336 e. The molecular formula is C13H12N2O2. The lowest BCUT2D eigenvalue weighted by molar-refractivity contribution is 0.0699. The van der Waals surface area contributed by atoms with Gasteiger partial charge in [-0.1, -0.05) is 0 Å². The average Bonchev–Trinajstić information content (AvgIpc) is 3.11. The lowest BCUT2D eigenvalue weighted by Gasteiger charge is -2.06. The standard InChI is InChI=1S/C13H12N2O2/c14-8-3-4-11-9(5-8)10(13(16)17)6-12(15-11)7-1-2-7/h3-7H,1-2,14H2,(H,16,17). The first-order chi connectivity index (χ1) is 8.15. The minimum Gasteiger partial charge on any atom is -0.478 e. The number of carbonyl (C=O) groups is 1. The molecule has 1 aliphatic carbocycles. The molecule has 0 aliphatic heterocycles. The van der Waals surface area contributed by atoms with E-state index >= 15 is 0 Å². The number of fused-ring (bicyclic) bond motifs is 1. The molecule has 1 fully saturated rings. The number of anilines is 1. The van der Waals surface area contributed by atoms with E-state index in [0.29, 0.717) is 28.1 Å². The van der Waals surface area contributed by atoms with E-state index in [1.54, 1.807) is 24.3 Å². The first kappa shape index (κ1) is 10.1. The Bertz CT molecular complexity index is 618. The molecule has 0 spiro atoms. The molecule has 3 rings (SSSR count). The summed E-state index contributed by atoms with van der Waals surface area (Å²) in [5, 5.41) is 9.84. The first-order valence-electron chi connectivity index (χ1n) is 5.58. The van der Waals surface area contributed by atoms with Crippen LogP contribution in [0.4, 0.5) is 5.69 Å². The van der Waals surface area contributed by atoms with Crippen LogP contribution in [0.5, 0.6) is 0 Å².